The topological polar surface area (TPSA) is 52.7 Å². The summed E-state index contributed by atoms with van der Waals surface area (Å²) in [6.07, 6.45) is 5.64. The van der Waals surface area contributed by atoms with E-state index in [9.17, 15) is 4.79 Å². The molecule has 0 fully saturated rings. The quantitative estimate of drug-likeness (QED) is 0.694. The highest BCUT2D eigenvalue weighted by atomic mass is 16.1. The van der Waals surface area contributed by atoms with Gasteiger partial charge in [0.1, 0.15) is 11.2 Å². The largest absolute Gasteiger partial charge is 0.292 e. The summed E-state index contributed by atoms with van der Waals surface area (Å²) in [4.78, 5) is 17.4. The molecule has 0 N–H and O–H groups in total. The molecular weight excluding hydrogens is 288 g/mol. The molecule has 3 aromatic rings. The number of nitrogens with zero attached hydrogens (tertiary/aromatic N) is 4. The number of allylic oxidation sites excluding steroid dienone is 1. The van der Waals surface area contributed by atoms with Crippen molar-refractivity contribution in [2.45, 2.75) is 26.3 Å². The lowest BCUT2D eigenvalue weighted by Gasteiger charge is -2.20. The fourth-order valence-corrected chi connectivity index (χ4v) is 3.11. The van der Waals surface area contributed by atoms with E-state index in [1.165, 1.54) is 5.56 Å². The van der Waals surface area contributed by atoms with Crippen molar-refractivity contribution in [2.75, 3.05) is 0 Å². The Balaban J connectivity index is 1.92. The average Bonchev–Trinajstić information content (AvgIpc) is 2.92. The summed E-state index contributed by atoms with van der Waals surface area (Å²) in [5, 5.41) is 4.76. The van der Waals surface area contributed by atoms with E-state index in [-0.39, 0.29) is 5.56 Å². The summed E-state index contributed by atoms with van der Waals surface area (Å²) < 4.78 is 3.45. The molecule has 2 aromatic heterocycles. The summed E-state index contributed by atoms with van der Waals surface area (Å²) >= 11 is 0. The third-order valence-corrected chi connectivity index (χ3v) is 4.38. The van der Waals surface area contributed by atoms with Crippen molar-refractivity contribution >= 4 is 22.7 Å². The molecule has 3 heterocycles. The Morgan fingerprint density at radius 2 is 2.00 bits per heavy atom. The second kappa shape index (κ2) is 5.19. The monoisotopic (exact) mass is 306 g/mol. The molecular formula is C18H18N4O. The summed E-state index contributed by atoms with van der Waals surface area (Å²) in [7, 11) is 1.82. The van der Waals surface area contributed by atoms with E-state index in [2.05, 4.69) is 42.4 Å². The molecule has 0 spiro atoms. The number of fused-ring (bicyclic) bond motifs is 2. The molecule has 0 radical (unpaired) electrons. The van der Waals surface area contributed by atoms with E-state index in [1.54, 1.807) is 15.4 Å². The number of hydrogen-bond acceptors (Lipinski definition) is 3. The highest BCUT2D eigenvalue weighted by Gasteiger charge is 2.20. The molecule has 4 rings (SSSR count). The molecule has 1 aliphatic rings. The first kappa shape index (κ1) is 13.9. The maximum Gasteiger partial charge on any atom is 0.264 e. The van der Waals surface area contributed by atoms with Gasteiger partial charge in [0.15, 0.2) is 5.65 Å². The van der Waals surface area contributed by atoms with Crippen molar-refractivity contribution in [1.82, 2.24) is 19.3 Å². The number of hydrogen-bond donors (Lipinski definition) is 0. The van der Waals surface area contributed by atoms with E-state index in [0.29, 0.717) is 11.0 Å². The van der Waals surface area contributed by atoms with Crippen LogP contribution in [0.1, 0.15) is 29.8 Å². The average molecular weight is 306 g/mol. The smallest absolute Gasteiger partial charge is 0.264 e. The minimum Gasteiger partial charge on any atom is -0.292 e. The molecule has 23 heavy (non-hydrogen) atoms. The second-order valence-corrected chi connectivity index (χ2v) is 6.08. The van der Waals surface area contributed by atoms with E-state index in [0.717, 1.165) is 36.3 Å². The maximum absolute atomic E-state index is 12.7. The molecule has 5 heteroatoms. The molecule has 116 valence electrons. The third kappa shape index (κ3) is 2.29. The molecule has 0 saturated carbocycles. The van der Waals surface area contributed by atoms with E-state index in [1.807, 2.05) is 7.05 Å². The van der Waals surface area contributed by atoms with E-state index in [4.69, 9.17) is 4.98 Å². The zero-order valence-corrected chi connectivity index (χ0v) is 13.3. The van der Waals surface area contributed by atoms with Crippen LogP contribution in [0.4, 0.5) is 0 Å². The van der Waals surface area contributed by atoms with Gasteiger partial charge in [-0.05, 0) is 37.0 Å². The van der Waals surface area contributed by atoms with Crippen molar-refractivity contribution in [2.24, 2.45) is 7.05 Å². The van der Waals surface area contributed by atoms with Crippen LogP contribution in [-0.4, -0.2) is 19.3 Å². The SMILES string of the molecule is Cc1ccc(/C=C2\CCCn3c2nc2c(cnn2C)c3=O)cc1. The predicted molar refractivity (Wildman–Crippen MR) is 91.1 cm³/mol. The van der Waals surface area contributed by atoms with Crippen LogP contribution in [0, 0.1) is 6.92 Å². The highest BCUT2D eigenvalue weighted by Crippen LogP contribution is 2.26. The summed E-state index contributed by atoms with van der Waals surface area (Å²) in [6.45, 7) is 2.80. The first-order valence-electron chi connectivity index (χ1n) is 7.83. The Labute approximate surface area is 133 Å². The third-order valence-electron chi connectivity index (χ3n) is 4.38. The number of aromatic nitrogens is 4. The van der Waals surface area contributed by atoms with Gasteiger partial charge in [-0.25, -0.2) is 4.98 Å². The first-order chi connectivity index (χ1) is 11.1. The first-order valence-corrected chi connectivity index (χ1v) is 7.83. The minimum atomic E-state index is 0.00704. The zero-order chi connectivity index (χ0) is 16.0. The Kier molecular flexibility index (Phi) is 3.15. The Morgan fingerprint density at radius 3 is 2.78 bits per heavy atom. The predicted octanol–water partition coefficient (Wildman–Crippen LogP) is 2.77. The van der Waals surface area contributed by atoms with Crippen LogP contribution >= 0.6 is 0 Å². The van der Waals surface area contributed by atoms with Gasteiger partial charge in [0.2, 0.25) is 0 Å². The van der Waals surface area contributed by atoms with Crippen LogP contribution in [-0.2, 0) is 13.6 Å². The fourth-order valence-electron chi connectivity index (χ4n) is 3.11. The van der Waals surface area contributed by atoms with Gasteiger partial charge in [-0.1, -0.05) is 29.8 Å². The molecule has 0 aliphatic carbocycles. The van der Waals surface area contributed by atoms with Crippen molar-refractivity contribution in [3.05, 3.63) is 57.8 Å². The van der Waals surface area contributed by atoms with Gasteiger partial charge in [-0.15, -0.1) is 0 Å². The molecule has 0 amide bonds. The highest BCUT2D eigenvalue weighted by molar-refractivity contribution is 5.82. The van der Waals surface area contributed by atoms with Crippen LogP contribution in [0.5, 0.6) is 0 Å². The zero-order valence-electron chi connectivity index (χ0n) is 13.3. The van der Waals surface area contributed by atoms with Gasteiger partial charge >= 0.3 is 0 Å². The minimum absolute atomic E-state index is 0.00704. The van der Waals surface area contributed by atoms with Crippen LogP contribution in [0.25, 0.3) is 22.7 Å². The van der Waals surface area contributed by atoms with Gasteiger partial charge in [0.05, 0.1) is 6.20 Å². The summed E-state index contributed by atoms with van der Waals surface area (Å²) in [5.41, 5.74) is 4.14. The van der Waals surface area contributed by atoms with Crippen LogP contribution in [0.15, 0.2) is 35.3 Å². The fraction of sp³-hybridized carbons (Fsp3) is 0.278. The van der Waals surface area contributed by atoms with Gasteiger partial charge < -0.3 is 0 Å². The normalized spacial score (nSPS) is 16.0. The van der Waals surface area contributed by atoms with Gasteiger partial charge in [-0.3, -0.25) is 14.0 Å². The molecule has 1 aliphatic heterocycles. The van der Waals surface area contributed by atoms with Gasteiger partial charge in [-0.2, -0.15) is 5.10 Å². The van der Waals surface area contributed by atoms with Crippen LogP contribution in [0.2, 0.25) is 0 Å². The van der Waals surface area contributed by atoms with Crippen molar-refractivity contribution in [1.29, 1.82) is 0 Å². The van der Waals surface area contributed by atoms with Crippen LogP contribution < -0.4 is 5.56 Å². The Bertz CT molecular complexity index is 977. The Morgan fingerprint density at radius 1 is 1.22 bits per heavy atom. The lowest BCUT2D eigenvalue weighted by Crippen LogP contribution is -2.27. The number of rotatable bonds is 1. The maximum atomic E-state index is 12.7. The van der Waals surface area contributed by atoms with Crippen molar-refractivity contribution in [3.63, 3.8) is 0 Å². The van der Waals surface area contributed by atoms with E-state index < -0.39 is 0 Å². The molecule has 0 bridgehead atoms. The van der Waals surface area contributed by atoms with Gasteiger partial charge in [0.25, 0.3) is 5.56 Å². The second-order valence-electron chi connectivity index (χ2n) is 6.08. The summed E-state index contributed by atoms with van der Waals surface area (Å²) in [6, 6.07) is 8.39. The summed E-state index contributed by atoms with van der Waals surface area (Å²) in [5.74, 6) is 0.776. The molecule has 0 unspecified atom stereocenters. The lowest BCUT2D eigenvalue weighted by molar-refractivity contribution is 0.586. The molecule has 0 atom stereocenters. The Hall–Kier alpha value is -2.69. The van der Waals surface area contributed by atoms with E-state index >= 15 is 0 Å². The number of benzene rings is 1. The molecule has 0 saturated heterocycles. The van der Waals surface area contributed by atoms with Crippen molar-refractivity contribution < 1.29 is 0 Å². The lowest BCUT2D eigenvalue weighted by atomic mass is 10.0. The van der Waals surface area contributed by atoms with Crippen molar-refractivity contribution in [3.8, 4) is 0 Å². The van der Waals surface area contributed by atoms with Gasteiger partial charge in [0, 0.05) is 13.6 Å². The molecule has 5 nitrogen and oxygen atoms in total. The number of aryl methyl sites for hydroxylation is 2. The molecule has 1 aromatic carbocycles. The van der Waals surface area contributed by atoms with Crippen LogP contribution in [0.3, 0.4) is 0 Å². The standard InChI is InChI=1S/C18H18N4O/c1-12-5-7-13(8-6-12)10-14-4-3-9-22-16(14)20-17-15(18(22)23)11-19-21(17)2/h5-8,10-11H,3-4,9H2,1-2H3/b14-10+.